The number of benzene rings is 1. The molecule has 2 rings (SSSR count). The van der Waals surface area contributed by atoms with Gasteiger partial charge >= 0.3 is 0 Å². The second-order valence-electron chi connectivity index (χ2n) is 5.49. The third kappa shape index (κ3) is 3.82. The molecule has 4 nitrogen and oxygen atoms in total. The van der Waals surface area contributed by atoms with Crippen molar-refractivity contribution >= 4 is 11.0 Å². The fourth-order valence-electron chi connectivity index (χ4n) is 1.86. The highest BCUT2D eigenvalue weighted by Crippen LogP contribution is 2.24. The van der Waals surface area contributed by atoms with Crippen LogP contribution in [-0.2, 0) is 9.47 Å². The monoisotopic (exact) mass is 278 g/mol. The molecule has 1 heterocycles. The maximum Gasteiger partial charge on any atom is 0.136 e. The Bertz CT molecular complexity index is 511. The summed E-state index contributed by atoms with van der Waals surface area (Å²) in [4.78, 5) is 0. The molecule has 0 saturated heterocycles. The summed E-state index contributed by atoms with van der Waals surface area (Å²) in [7, 11) is 1.68. The Hall–Kier alpha value is -1.36. The number of furan rings is 1. The third-order valence-corrected chi connectivity index (χ3v) is 3.45. The van der Waals surface area contributed by atoms with Crippen LogP contribution in [0.2, 0.25) is 0 Å². The highest BCUT2D eigenvalue weighted by atomic mass is 16.5. The molecule has 20 heavy (non-hydrogen) atoms. The van der Waals surface area contributed by atoms with Crippen molar-refractivity contribution in [2.75, 3.05) is 20.3 Å². The van der Waals surface area contributed by atoms with Crippen LogP contribution in [0.25, 0.3) is 11.0 Å². The molecule has 0 aliphatic heterocycles. The molecule has 0 aliphatic rings. The first kappa shape index (κ1) is 15.0. The van der Waals surface area contributed by atoms with Gasteiger partial charge in [0.05, 0.1) is 12.2 Å². The minimum atomic E-state index is -0.743. The minimum Gasteiger partial charge on any atom is -0.458 e. The van der Waals surface area contributed by atoms with Gasteiger partial charge in [0, 0.05) is 19.1 Å². The smallest absolute Gasteiger partial charge is 0.136 e. The second kappa shape index (κ2) is 6.39. The second-order valence-corrected chi connectivity index (χ2v) is 5.49. The lowest BCUT2D eigenvalue weighted by Gasteiger charge is -2.22. The predicted molar refractivity (Wildman–Crippen MR) is 77.7 cm³/mol. The van der Waals surface area contributed by atoms with Gasteiger partial charge in [-0.3, -0.25) is 0 Å². The number of rotatable bonds is 7. The van der Waals surface area contributed by atoms with E-state index >= 15 is 0 Å². The highest BCUT2D eigenvalue weighted by molar-refractivity contribution is 5.77. The molecule has 110 valence electrons. The molecule has 1 aromatic carbocycles. The van der Waals surface area contributed by atoms with Crippen LogP contribution < -0.4 is 0 Å². The number of hydrogen-bond donors (Lipinski definition) is 1. The Morgan fingerprint density at radius 3 is 2.75 bits per heavy atom. The summed E-state index contributed by atoms with van der Waals surface area (Å²) >= 11 is 0. The lowest BCUT2D eigenvalue weighted by Crippen LogP contribution is -2.24. The van der Waals surface area contributed by atoms with Crippen molar-refractivity contribution in [3.05, 3.63) is 36.1 Å². The predicted octanol–water partition coefficient (Wildman–Crippen LogP) is 3.30. The van der Waals surface area contributed by atoms with E-state index in [2.05, 4.69) is 0 Å². The van der Waals surface area contributed by atoms with E-state index in [1.54, 1.807) is 7.11 Å². The van der Waals surface area contributed by atoms with Crippen LogP contribution >= 0.6 is 0 Å². The zero-order valence-electron chi connectivity index (χ0n) is 12.3. The molecule has 0 radical (unpaired) electrons. The average molecular weight is 278 g/mol. The van der Waals surface area contributed by atoms with Crippen molar-refractivity contribution in [3.63, 3.8) is 0 Å². The zero-order chi connectivity index (χ0) is 14.6. The summed E-state index contributed by atoms with van der Waals surface area (Å²) in [6.07, 6.45) is 0.0316. The molecular weight excluding hydrogens is 256 g/mol. The average Bonchev–Trinajstić information content (AvgIpc) is 2.87. The van der Waals surface area contributed by atoms with Crippen molar-refractivity contribution in [2.24, 2.45) is 0 Å². The number of aliphatic hydroxyl groups is 1. The Labute approximate surface area is 119 Å². The van der Waals surface area contributed by atoms with Gasteiger partial charge in [0.1, 0.15) is 17.4 Å². The van der Waals surface area contributed by atoms with Crippen LogP contribution in [0, 0.1) is 0 Å². The van der Waals surface area contributed by atoms with E-state index in [9.17, 15) is 5.11 Å². The summed E-state index contributed by atoms with van der Waals surface area (Å²) in [6.45, 7) is 4.77. The van der Waals surface area contributed by atoms with Gasteiger partial charge in [0.15, 0.2) is 0 Å². The molecular formula is C16H22O4. The van der Waals surface area contributed by atoms with Gasteiger partial charge in [-0.2, -0.15) is 0 Å². The molecule has 1 aromatic heterocycles. The summed E-state index contributed by atoms with van der Waals surface area (Å²) < 4.78 is 16.4. The number of para-hydroxylation sites is 1. The van der Waals surface area contributed by atoms with Crippen molar-refractivity contribution in [3.8, 4) is 0 Å². The molecule has 1 unspecified atom stereocenters. The largest absolute Gasteiger partial charge is 0.458 e. The number of aliphatic hydroxyl groups excluding tert-OH is 1. The van der Waals surface area contributed by atoms with E-state index in [1.165, 1.54) is 0 Å². The van der Waals surface area contributed by atoms with Gasteiger partial charge in [0.2, 0.25) is 0 Å². The number of fused-ring (bicyclic) bond motifs is 1. The maximum absolute atomic E-state index is 10.1. The summed E-state index contributed by atoms with van der Waals surface area (Å²) in [6, 6.07) is 9.54. The molecule has 4 heteroatoms. The number of ether oxygens (including phenoxy) is 2. The van der Waals surface area contributed by atoms with Crippen LogP contribution in [0.4, 0.5) is 0 Å². The lowest BCUT2D eigenvalue weighted by molar-refractivity contribution is -0.0275. The first-order valence-corrected chi connectivity index (χ1v) is 6.81. The summed E-state index contributed by atoms with van der Waals surface area (Å²) in [5.74, 6) is 0.539. The highest BCUT2D eigenvalue weighted by Gasteiger charge is 2.17. The SMILES string of the molecule is COC(C)(C)CCOCC(O)c1cc2ccccc2o1. The quantitative estimate of drug-likeness (QED) is 0.790. The van der Waals surface area contributed by atoms with Gasteiger partial charge in [0.25, 0.3) is 0 Å². The van der Waals surface area contributed by atoms with Crippen LogP contribution in [0.1, 0.15) is 32.1 Å². The number of methoxy groups -OCH3 is 1. The van der Waals surface area contributed by atoms with Crippen LogP contribution in [-0.4, -0.2) is 31.0 Å². The summed E-state index contributed by atoms with van der Waals surface area (Å²) in [5.41, 5.74) is 0.576. The van der Waals surface area contributed by atoms with Crippen LogP contribution in [0.5, 0.6) is 0 Å². The molecule has 0 spiro atoms. The first-order chi connectivity index (χ1) is 9.52. The van der Waals surface area contributed by atoms with E-state index in [0.29, 0.717) is 12.4 Å². The molecule has 0 aliphatic carbocycles. The Kier molecular flexibility index (Phi) is 4.81. The van der Waals surface area contributed by atoms with Crippen LogP contribution in [0.3, 0.4) is 0 Å². The van der Waals surface area contributed by atoms with E-state index in [4.69, 9.17) is 13.9 Å². The van der Waals surface area contributed by atoms with E-state index in [0.717, 1.165) is 17.4 Å². The molecule has 0 fully saturated rings. The van der Waals surface area contributed by atoms with Crippen molar-refractivity contribution in [1.29, 1.82) is 0 Å². The molecule has 2 aromatic rings. The van der Waals surface area contributed by atoms with Gasteiger partial charge in [-0.05, 0) is 32.4 Å². The molecule has 0 bridgehead atoms. The first-order valence-electron chi connectivity index (χ1n) is 6.81. The Balaban J connectivity index is 1.84. The normalized spacial score (nSPS) is 13.8. The third-order valence-electron chi connectivity index (χ3n) is 3.45. The number of hydrogen-bond acceptors (Lipinski definition) is 4. The maximum atomic E-state index is 10.1. The zero-order valence-corrected chi connectivity index (χ0v) is 12.3. The fraction of sp³-hybridized carbons (Fsp3) is 0.500. The van der Waals surface area contributed by atoms with Gasteiger partial charge in [-0.1, -0.05) is 18.2 Å². The molecule has 1 atom stereocenters. The van der Waals surface area contributed by atoms with E-state index in [-0.39, 0.29) is 12.2 Å². The van der Waals surface area contributed by atoms with Gasteiger partial charge < -0.3 is 19.0 Å². The lowest BCUT2D eigenvalue weighted by atomic mass is 10.1. The minimum absolute atomic E-state index is 0.204. The molecule has 1 N–H and O–H groups in total. The van der Waals surface area contributed by atoms with Gasteiger partial charge in [-0.15, -0.1) is 0 Å². The fourth-order valence-corrected chi connectivity index (χ4v) is 1.86. The van der Waals surface area contributed by atoms with Gasteiger partial charge in [-0.25, -0.2) is 0 Å². The van der Waals surface area contributed by atoms with E-state index in [1.807, 2.05) is 44.2 Å². The Morgan fingerprint density at radius 2 is 2.05 bits per heavy atom. The Morgan fingerprint density at radius 1 is 1.30 bits per heavy atom. The summed E-state index contributed by atoms with van der Waals surface area (Å²) in [5, 5.41) is 11.0. The van der Waals surface area contributed by atoms with Crippen LogP contribution in [0.15, 0.2) is 34.7 Å². The standard InChI is InChI=1S/C16H22O4/c1-16(2,18-3)8-9-19-11-13(17)15-10-12-6-4-5-7-14(12)20-15/h4-7,10,13,17H,8-9,11H2,1-3H3. The topological polar surface area (TPSA) is 51.8 Å². The van der Waals surface area contributed by atoms with Crippen molar-refractivity contribution in [1.82, 2.24) is 0 Å². The molecule has 0 saturated carbocycles. The van der Waals surface area contributed by atoms with E-state index < -0.39 is 6.10 Å². The van der Waals surface area contributed by atoms with Crippen molar-refractivity contribution in [2.45, 2.75) is 32.0 Å². The van der Waals surface area contributed by atoms with Crippen molar-refractivity contribution < 1.29 is 19.0 Å². The molecule has 0 amide bonds.